The first-order valence-electron chi connectivity index (χ1n) is 11.7. The molecule has 3 aromatic heterocycles. The van der Waals surface area contributed by atoms with Gasteiger partial charge in [-0.05, 0) is 44.0 Å². The summed E-state index contributed by atoms with van der Waals surface area (Å²) in [4.78, 5) is 36.1. The van der Waals surface area contributed by atoms with Gasteiger partial charge in [0.1, 0.15) is 11.5 Å². The van der Waals surface area contributed by atoms with Crippen molar-refractivity contribution in [2.75, 3.05) is 26.8 Å². The van der Waals surface area contributed by atoms with Crippen molar-refractivity contribution >= 4 is 44.3 Å². The van der Waals surface area contributed by atoms with Gasteiger partial charge in [0.15, 0.2) is 0 Å². The largest absolute Gasteiger partial charge is 0.456 e. The van der Waals surface area contributed by atoms with E-state index in [2.05, 4.69) is 21.2 Å². The van der Waals surface area contributed by atoms with Crippen molar-refractivity contribution in [2.24, 2.45) is 0 Å². The number of likely N-dealkylation sites (tertiary alicyclic amines) is 1. The van der Waals surface area contributed by atoms with Crippen LogP contribution < -0.4 is 10.1 Å². The molecule has 1 aliphatic rings. The predicted octanol–water partition coefficient (Wildman–Crippen LogP) is 4.49. The number of terminal acetylenes is 1. The Hall–Kier alpha value is -3.87. The third kappa shape index (κ3) is 4.41. The van der Waals surface area contributed by atoms with Crippen LogP contribution in [0.2, 0.25) is 0 Å². The van der Waals surface area contributed by atoms with E-state index in [9.17, 15) is 9.59 Å². The van der Waals surface area contributed by atoms with E-state index in [0.717, 1.165) is 40.7 Å². The number of nitrogens with zero attached hydrogens (tertiary/aromatic N) is 2. The number of hydrogen-bond donors (Lipinski definition) is 2. The molecule has 2 N–H and O–H groups in total. The van der Waals surface area contributed by atoms with E-state index in [-0.39, 0.29) is 24.4 Å². The fourth-order valence-corrected chi connectivity index (χ4v) is 5.74. The fraction of sp³-hybridized carbons (Fsp3) is 0.296. The van der Waals surface area contributed by atoms with Crippen LogP contribution in [0.5, 0.6) is 11.5 Å². The molecule has 1 aliphatic heterocycles. The molecule has 4 aromatic rings. The topological polar surface area (TPSA) is 96.6 Å². The number of hydrogen-bond acceptors (Lipinski definition) is 6. The molecule has 0 bridgehead atoms. The van der Waals surface area contributed by atoms with Crippen molar-refractivity contribution in [3.05, 3.63) is 52.7 Å². The third-order valence-electron chi connectivity index (χ3n) is 6.35. The highest BCUT2D eigenvalue weighted by atomic mass is 32.1. The van der Waals surface area contributed by atoms with Gasteiger partial charge in [0.25, 0.3) is 11.8 Å². The molecule has 1 aromatic carbocycles. The minimum atomic E-state index is -0.241. The third-order valence-corrected chi connectivity index (χ3v) is 7.47. The van der Waals surface area contributed by atoms with Crippen LogP contribution in [0.4, 0.5) is 0 Å². The van der Waals surface area contributed by atoms with Gasteiger partial charge in [-0.2, -0.15) is 0 Å². The summed E-state index contributed by atoms with van der Waals surface area (Å²) in [6.45, 7) is 3.26. The van der Waals surface area contributed by atoms with Gasteiger partial charge < -0.3 is 24.7 Å². The first-order chi connectivity index (χ1) is 17.5. The molecule has 2 amide bonds. The van der Waals surface area contributed by atoms with Gasteiger partial charge in [-0.1, -0.05) is 5.92 Å². The Morgan fingerprint density at radius 3 is 3.00 bits per heavy atom. The van der Waals surface area contributed by atoms with Crippen LogP contribution in [-0.4, -0.2) is 59.5 Å². The highest BCUT2D eigenvalue weighted by molar-refractivity contribution is 7.21. The summed E-state index contributed by atoms with van der Waals surface area (Å²) in [5.74, 6) is 3.35. The van der Waals surface area contributed by atoms with E-state index in [1.54, 1.807) is 19.4 Å². The lowest BCUT2D eigenvalue weighted by molar-refractivity contribution is 0.0635. The second-order valence-electron chi connectivity index (χ2n) is 8.71. The number of thiophene rings is 1. The van der Waals surface area contributed by atoms with Gasteiger partial charge in [0.05, 0.1) is 39.9 Å². The number of amides is 2. The van der Waals surface area contributed by atoms with Crippen LogP contribution in [0.3, 0.4) is 0 Å². The maximum absolute atomic E-state index is 13.3. The lowest BCUT2D eigenvalue weighted by atomic mass is 10.1. The summed E-state index contributed by atoms with van der Waals surface area (Å²) in [6.07, 6.45) is 8.87. The lowest BCUT2D eigenvalue weighted by Gasteiger charge is -2.23. The molecule has 5 rings (SSSR count). The Morgan fingerprint density at radius 2 is 2.19 bits per heavy atom. The number of fused-ring (bicyclic) bond motifs is 2. The van der Waals surface area contributed by atoms with Crippen LogP contribution in [0.1, 0.15) is 38.6 Å². The van der Waals surface area contributed by atoms with Crippen LogP contribution in [0.25, 0.3) is 21.1 Å². The van der Waals surface area contributed by atoms with E-state index in [0.29, 0.717) is 34.1 Å². The highest BCUT2D eigenvalue weighted by Crippen LogP contribution is 2.37. The van der Waals surface area contributed by atoms with Crippen molar-refractivity contribution in [3.63, 3.8) is 0 Å². The number of benzene rings is 1. The van der Waals surface area contributed by atoms with Crippen LogP contribution in [-0.2, 0) is 4.74 Å². The van der Waals surface area contributed by atoms with E-state index < -0.39 is 0 Å². The minimum absolute atomic E-state index is 0.00431. The molecular formula is C27H26N4O4S. The Labute approximate surface area is 212 Å². The Morgan fingerprint density at radius 1 is 1.33 bits per heavy atom. The molecule has 9 heteroatoms. The Kier molecular flexibility index (Phi) is 6.63. The Bertz CT molecular complexity index is 1500. The monoisotopic (exact) mass is 502 g/mol. The summed E-state index contributed by atoms with van der Waals surface area (Å²) in [7, 11) is 1.66. The van der Waals surface area contributed by atoms with Crippen molar-refractivity contribution < 1.29 is 19.1 Å². The first kappa shape index (κ1) is 23.9. The molecule has 36 heavy (non-hydrogen) atoms. The number of H-pyrrole nitrogens is 1. The molecule has 0 aliphatic carbocycles. The second-order valence-corrected chi connectivity index (χ2v) is 9.76. The molecule has 4 heterocycles. The quantitative estimate of drug-likeness (QED) is 0.363. The Balaban J connectivity index is 1.45. The number of methoxy groups -OCH3 is 1. The number of ether oxygens (including phenoxy) is 2. The fourth-order valence-electron chi connectivity index (χ4n) is 4.72. The molecule has 1 fully saturated rings. The summed E-state index contributed by atoms with van der Waals surface area (Å²) in [5.41, 5.74) is 2.81. The zero-order chi connectivity index (χ0) is 25.2. The normalized spacial score (nSPS) is 15.4. The van der Waals surface area contributed by atoms with E-state index in [4.69, 9.17) is 15.9 Å². The van der Waals surface area contributed by atoms with E-state index >= 15 is 0 Å². The van der Waals surface area contributed by atoms with Crippen molar-refractivity contribution in [3.8, 4) is 23.8 Å². The summed E-state index contributed by atoms with van der Waals surface area (Å²) in [5, 5.41) is 3.46. The van der Waals surface area contributed by atoms with E-state index in [1.807, 2.05) is 36.1 Å². The highest BCUT2D eigenvalue weighted by Gasteiger charge is 2.30. The van der Waals surface area contributed by atoms with Gasteiger partial charge in [-0.3, -0.25) is 14.6 Å². The lowest BCUT2D eigenvalue weighted by Crippen LogP contribution is -2.37. The number of rotatable bonds is 7. The number of aromatic nitrogens is 2. The molecular weight excluding hydrogens is 476 g/mol. The zero-order valence-electron chi connectivity index (χ0n) is 20.1. The van der Waals surface area contributed by atoms with Crippen LogP contribution >= 0.6 is 11.3 Å². The standard InChI is InChI=1S/C27H26N4O4S/c1-4-10-29-26(32)24-16(2)30-20-8-7-18(13-19(20)24)35-22-9-11-28-21-14-23(36-25(21)22)27(33)31-12-5-6-17(31)15-34-3/h1,7-9,11,13-14,17,30H,5-6,10,12,15H2,2-3H3,(H,29,32)/t17-/m0/s1. The maximum Gasteiger partial charge on any atom is 0.264 e. The van der Waals surface area contributed by atoms with Gasteiger partial charge in [-0.15, -0.1) is 17.8 Å². The minimum Gasteiger partial charge on any atom is -0.456 e. The second kappa shape index (κ2) is 10.0. The number of carbonyl (C=O) groups is 2. The SMILES string of the molecule is C#CCNC(=O)c1c(C)[nH]c2ccc(Oc3ccnc4cc(C(=O)N5CCC[C@H]5COC)sc34)cc12. The number of nitrogens with one attached hydrogen (secondary N) is 2. The first-order valence-corrected chi connectivity index (χ1v) is 12.5. The predicted molar refractivity (Wildman–Crippen MR) is 140 cm³/mol. The average molecular weight is 503 g/mol. The molecule has 1 atom stereocenters. The molecule has 184 valence electrons. The molecule has 0 radical (unpaired) electrons. The number of carbonyl (C=O) groups excluding carboxylic acids is 2. The number of aryl methyl sites for hydroxylation is 1. The van der Waals surface area contributed by atoms with Gasteiger partial charge in [0.2, 0.25) is 0 Å². The molecule has 0 saturated carbocycles. The van der Waals surface area contributed by atoms with Gasteiger partial charge >= 0.3 is 0 Å². The average Bonchev–Trinajstić information content (AvgIpc) is 3.59. The number of aromatic amines is 1. The molecule has 0 unspecified atom stereocenters. The summed E-state index contributed by atoms with van der Waals surface area (Å²) in [6, 6.07) is 9.25. The maximum atomic E-state index is 13.3. The molecule has 8 nitrogen and oxygen atoms in total. The van der Waals surface area contributed by atoms with Crippen molar-refractivity contribution in [1.82, 2.24) is 20.2 Å². The van der Waals surface area contributed by atoms with Gasteiger partial charge in [0, 0.05) is 42.5 Å². The van der Waals surface area contributed by atoms with Gasteiger partial charge in [-0.25, -0.2) is 0 Å². The van der Waals surface area contributed by atoms with Crippen molar-refractivity contribution in [2.45, 2.75) is 25.8 Å². The van der Waals surface area contributed by atoms with Crippen molar-refractivity contribution in [1.29, 1.82) is 0 Å². The molecule has 1 saturated heterocycles. The van der Waals surface area contributed by atoms with Crippen LogP contribution in [0, 0.1) is 19.3 Å². The van der Waals surface area contributed by atoms with E-state index in [1.165, 1.54) is 11.3 Å². The van der Waals surface area contributed by atoms with Crippen LogP contribution in [0.15, 0.2) is 36.5 Å². The smallest absolute Gasteiger partial charge is 0.264 e. The summed E-state index contributed by atoms with van der Waals surface area (Å²) >= 11 is 1.37. The zero-order valence-corrected chi connectivity index (χ0v) is 20.9. The summed E-state index contributed by atoms with van der Waals surface area (Å²) < 4.78 is 12.3. The number of pyridine rings is 1. The molecule has 0 spiro atoms.